The number of aromatic nitrogens is 4. The molecule has 5 rings (SSSR count). The lowest BCUT2D eigenvalue weighted by Crippen LogP contribution is -2.34. The van der Waals surface area contributed by atoms with Gasteiger partial charge in [-0.05, 0) is 48.9 Å². The number of nitrogens with zero attached hydrogens (tertiary/aromatic N) is 5. The second kappa shape index (κ2) is 14.5. The lowest BCUT2D eigenvalue weighted by molar-refractivity contribution is -0.742. The molecule has 1 fully saturated rings. The van der Waals surface area contributed by atoms with E-state index in [9.17, 15) is 0 Å². The zero-order valence-electron chi connectivity index (χ0n) is 21.9. The summed E-state index contributed by atoms with van der Waals surface area (Å²) in [5.41, 5.74) is 2.60. The fraction of sp³-hybridized carbons (Fsp3) is 0.296. The molecule has 0 unspecified atom stereocenters. The van der Waals surface area contributed by atoms with Crippen LogP contribution in [0.5, 0.6) is 5.75 Å². The van der Waals surface area contributed by atoms with Gasteiger partial charge in [0.05, 0.1) is 30.2 Å². The predicted octanol–water partition coefficient (Wildman–Crippen LogP) is 6.15. The van der Waals surface area contributed by atoms with Gasteiger partial charge in [-0.3, -0.25) is 0 Å². The van der Waals surface area contributed by atoms with Crippen molar-refractivity contribution in [1.29, 1.82) is 0 Å². The topological polar surface area (TPSA) is 135 Å². The quantitative estimate of drug-likeness (QED) is 0.0952. The Morgan fingerprint density at radius 3 is 2.68 bits per heavy atom. The van der Waals surface area contributed by atoms with Crippen molar-refractivity contribution in [3.05, 3.63) is 99.2 Å². The molecule has 0 amide bonds. The highest BCUT2D eigenvalue weighted by Crippen LogP contribution is 2.40. The molecule has 11 nitrogen and oxygen atoms in total. The van der Waals surface area contributed by atoms with Crippen LogP contribution in [0.3, 0.4) is 0 Å². The Morgan fingerprint density at radius 2 is 2.00 bits per heavy atom. The molecule has 2 aromatic carbocycles. The van der Waals surface area contributed by atoms with Crippen LogP contribution >= 0.6 is 35.0 Å². The van der Waals surface area contributed by atoms with Crippen LogP contribution in [0.4, 0.5) is 0 Å². The molecule has 41 heavy (non-hydrogen) atoms. The molecule has 0 bridgehead atoms. The first-order valence-corrected chi connectivity index (χ1v) is 14.3. The van der Waals surface area contributed by atoms with Crippen molar-refractivity contribution in [1.82, 2.24) is 19.5 Å². The van der Waals surface area contributed by atoms with Crippen molar-refractivity contribution < 1.29 is 24.5 Å². The normalized spacial score (nSPS) is 18.0. The van der Waals surface area contributed by atoms with E-state index in [0.29, 0.717) is 35.4 Å². The van der Waals surface area contributed by atoms with Gasteiger partial charge in [-0.15, -0.1) is 10.1 Å². The van der Waals surface area contributed by atoms with Crippen molar-refractivity contribution in [2.24, 2.45) is 0 Å². The minimum atomic E-state index is -1.50. The van der Waals surface area contributed by atoms with E-state index in [2.05, 4.69) is 21.9 Å². The van der Waals surface area contributed by atoms with Crippen LogP contribution in [0.15, 0.2) is 78.6 Å². The van der Waals surface area contributed by atoms with Gasteiger partial charge in [-0.1, -0.05) is 48.0 Å². The van der Waals surface area contributed by atoms with Gasteiger partial charge in [-0.25, -0.2) is 15.0 Å². The minimum Gasteiger partial charge on any atom is -0.491 e. The summed E-state index contributed by atoms with van der Waals surface area (Å²) < 4.78 is 20.6. The molecular formula is C27H27Cl2N5O6S. The molecule has 216 valence electrons. The molecule has 0 saturated carbocycles. The van der Waals surface area contributed by atoms with Crippen LogP contribution in [-0.2, 0) is 21.8 Å². The smallest absolute Gasteiger partial charge is 0.291 e. The number of thioether (sulfide) groups is 1. The molecule has 2 atom stereocenters. The first-order chi connectivity index (χ1) is 19.8. The Hall–Kier alpha value is -3.42. The molecule has 1 saturated heterocycles. The van der Waals surface area contributed by atoms with E-state index in [-0.39, 0.29) is 6.10 Å². The standard InChI is InChI=1S/C27H26Cl2N4O3S.HNO3/c1-2-13-37-26-31-10-9-25(32-26)19-3-6-21(7-4-19)34-15-22-16-35-27(36-22,17-33-12-11-30-18-33)23-8-5-20(28)14-24(23)29;2-1(3)4/h3-12,14,18,22H,2,13,15-17H2,1H3;(H,2,3,4)/t22-,27-;/m1./s1. The monoisotopic (exact) mass is 619 g/mol. The average molecular weight is 621 g/mol. The summed E-state index contributed by atoms with van der Waals surface area (Å²) >= 11 is 14.3. The Morgan fingerprint density at radius 1 is 1.22 bits per heavy atom. The molecule has 0 radical (unpaired) electrons. The first kappa shape index (κ1) is 30.5. The molecule has 0 aliphatic carbocycles. The third kappa shape index (κ3) is 8.54. The van der Waals surface area contributed by atoms with E-state index in [1.165, 1.54) is 0 Å². The number of imidazole rings is 1. The molecule has 14 heteroatoms. The van der Waals surface area contributed by atoms with Gasteiger partial charge in [0, 0.05) is 40.5 Å². The Balaban J connectivity index is 0.000000909. The second-order valence-electron chi connectivity index (χ2n) is 8.81. The lowest BCUT2D eigenvalue weighted by atomic mass is 10.1. The van der Waals surface area contributed by atoms with Crippen LogP contribution in [0.1, 0.15) is 18.9 Å². The maximum Gasteiger partial charge on any atom is 0.291 e. The molecule has 3 heterocycles. The van der Waals surface area contributed by atoms with Gasteiger partial charge < -0.3 is 24.0 Å². The maximum atomic E-state index is 8.36. The van der Waals surface area contributed by atoms with Gasteiger partial charge in [-0.2, -0.15) is 0 Å². The highest BCUT2D eigenvalue weighted by Gasteiger charge is 2.45. The number of ether oxygens (including phenoxy) is 3. The molecular weight excluding hydrogens is 593 g/mol. The van der Waals surface area contributed by atoms with Crippen LogP contribution in [0.25, 0.3) is 11.3 Å². The van der Waals surface area contributed by atoms with Crippen LogP contribution < -0.4 is 4.74 Å². The molecule has 1 aliphatic rings. The number of halogens is 2. The molecule has 2 aromatic heterocycles. The summed E-state index contributed by atoms with van der Waals surface area (Å²) in [7, 11) is 0. The van der Waals surface area contributed by atoms with E-state index >= 15 is 0 Å². The predicted molar refractivity (Wildman–Crippen MR) is 154 cm³/mol. The Labute approximate surface area is 250 Å². The number of hydrogen-bond donors (Lipinski definition) is 1. The van der Waals surface area contributed by atoms with E-state index in [4.69, 9.17) is 52.7 Å². The SMILES string of the molecule is CCCSc1nccc(-c2ccc(OC[C@@H]3CO[C@@](Cn4ccnc4)(c4ccc(Cl)cc4Cl)O3)cc2)n1.O=[N+]([O-])O. The molecule has 1 aliphatic heterocycles. The zero-order chi connectivity index (χ0) is 29.2. The van der Waals surface area contributed by atoms with Crippen molar-refractivity contribution in [3.63, 3.8) is 0 Å². The lowest BCUT2D eigenvalue weighted by Gasteiger charge is -2.30. The summed E-state index contributed by atoms with van der Waals surface area (Å²) in [5.74, 6) is 0.649. The van der Waals surface area contributed by atoms with Crippen molar-refractivity contribution >= 4 is 35.0 Å². The zero-order valence-corrected chi connectivity index (χ0v) is 24.3. The Kier molecular flexibility index (Phi) is 10.8. The van der Waals surface area contributed by atoms with Crippen LogP contribution in [-0.4, -0.2) is 54.9 Å². The van der Waals surface area contributed by atoms with Crippen molar-refractivity contribution in [3.8, 4) is 17.0 Å². The third-order valence-corrected chi connectivity index (χ3v) is 7.42. The summed E-state index contributed by atoms with van der Waals surface area (Å²) in [6.07, 6.45) is 7.86. The summed E-state index contributed by atoms with van der Waals surface area (Å²) in [4.78, 5) is 21.5. The fourth-order valence-electron chi connectivity index (χ4n) is 4.05. The van der Waals surface area contributed by atoms with E-state index in [1.54, 1.807) is 42.6 Å². The summed E-state index contributed by atoms with van der Waals surface area (Å²) in [5, 5.41) is 15.5. The number of rotatable bonds is 10. The van der Waals surface area contributed by atoms with Crippen LogP contribution in [0, 0.1) is 10.1 Å². The van der Waals surface area contributed by atoms with E-state index in [0.717, 1.165) is 34.3 Å². The Bertz CT molecular complexity index is 1430. The summed E-state index contributed by atoms with van der Waals surface area (Å²) in [6.45, 7) is 3.20. The average Bonchev–Trinajstić information content (AvgIpc) is 3.61. The first-order valence-electron chi connectivity index (χ1n) is 12.5. The van der Waals surface area contributed by atoms with Gasteiger partial charge in [0.25, 0.3) is 5.09 Å². The highest BCUT2D eigenvalue weighted by molar-refractivity contribution is 7.99. The van der Waals surface area contributed by atoms with E-state index in [1.807, 2.05) is 47.2 Å². The second-order valence-corrected chi connectivity index (χ2v) is 10.7. The van der Waals surface area contributed by atoms with Crippen LogP contribution in [0.2, 0.25) is 10.0 Å². The largest absolute Gasteiger partial charge is 0.491 e. The van der Waals surface area contributed by atoms with Gasteiger partial charge in [0.15, 0.2) is 5.16 Å². The molecule has 1 N–H and O–H groups in total. The minimum absolute atomic E-state index is 0.296. The van der Waals surface area contributed by atoms with Gasteiger partial charge in [0.2, 0.25) is 5.79 Å². The summed E-state index contributed by atoms with van der Waals surface area (Å²) in [6, 6.07) is 15.1. The van der Waals surface area contributed by atoms with Crippen molar-refractivity contribution in [2.75, 3.05) is 19.0 Å². The number of hydrogen-bond acceptors (Lipinski definition) is 9. The maximum absolute atomic E-state index is 8.36. The van der Waals surface area contributed by atoms with Gasteiger partial charge in [0.1, 0.15) is 18.5 Å². The van der Waals surface area contributed by atoms with Gasteiger partial charge >= 0.3 is 0 Å². The molecule has 4 aromatic rings. The third-order valence-electron chi connectivity index (χ3n) is 5.81. The highest BCUT2D eigenvalue weighted by atomic mass is 35.5. The van der Waals surface area contributed by atoms with Crippen molar-refractivity contribution in [2.45, 2.75) is 36.9 Å². The fourth-order valence-corrected chi connectivity index (χ4v) is 5.29. The number of benzene rings is 2. The van der Waals surface area contributed by atoms with E-state index < -0.39 is 10.9 Å². The molecule has 0 spiro atoms.